The molecule has 8 heteroatoms. The van der Waals surface area contributed by atoms with Gasteiger partial charge in [-0.05, 0) is 29.7 Å². The number of aromatic amines is 1. The predicted octanol–water partition coefficient (Wildman–Crippen LogP) is 3.73. The first-order chi connectivity index (χ1) is 14.8. The number of rotatable bonds is 6. The maximum atomic E-state index is 4.59. The fourth-order valence-electron chi connectivity index (χ4n) is 3.57. The van der Waals surface area contributed by atoms with Gasteiger partial charge in [0.2, 0.25) is 0 Å². The van der Waals surface area contributed by atoms with Gasteiger partial charge in [-0.2, -0.15) is 14.8 Å². The van der Waals surface area contributed by atoms with Crippen LogP contribution in [-0.2, 0) is 6.42 Å². The molecule has 0 aliphatic heterocycles. The summed E-state index contributed by atoms with van der Waals surface area (Å²) in [7, 11) is 0. The number of hydrogen-bond donors (Lipinski definition) is 2. The van der Waals surface area contributed by atoms with E-state index < -0.39 is 0 Å². The molecule has 2 aromatic carbocycles. The molecule has 0 radical (unpaired) electrons. The first kappa shape index (κ1) is 18.0. The Hall–Kier alpha value is -4.07. The standard InChI is InChI=1S/C22H20N8/c1-2-17-14-20(30-19(24-17)12-13-23-30)25-18-10-8-16(9-11-18)21(22-26-28-29-27-22)15-6-4-3-5-7-15/h3-14,21,25H,2H2,1H3,(H,26,27,28,29). The average molecular weight is 396 g/mol. The predicted molar refractivity (Wildman–Crippen MR) is 114 cm³/mol. The molecule has 148 valence electrons. The van der Waals surface area contributed by atoms with E-state index in [1.165, 1.54) is 0 Å². The largest absolute Gasteiger partial charge is 0.340 e. The second-order valence-electron chi connectivity index (χ2n) is 6.95. The Morgan fingerprint density at radius 3 is 2.53 bits per heavy atom. The third-order valence-electron chi connectivity index (χ3n) is 5.04. The molecule has 3 aromatic heterocycles. The lowest BCUT2D eigenvalue weighted by atomic mass is 9.90. The molecule has 1 atom stereocenters. The lowest BCUT2D eigenvalue weighted by Gasteiger charge is -2.15. The molecule has 0 amide bonds. The van der Waals surface area contributed by atoms with E-state index in [2.05, 4.69) is 67.2 Å². The van der Waals surface area contributed by atoms with Crippen LogP contribution < -0.4 is 5.32 Å². The summed E-state index contributed by atoms with van der Waals surface area (Å²) in [5.74, 6) is 1.43. The van der Waals surface area contributed by atoms with Crippen molar-refractivity contribution in [2.24, 2.45) is 0 Å². The van der Waals surface area contributed by atoms with Gasteiger partial charge >= 0.3 is 0 Å². The molecule has 0 bridgehead atoms. The van der Waals surface area contributed by atoms with Gasteiger partial charge in [-0.1, -0.05) is 54.6 Å². The number of tetrazole rings is 1. The lowest BCUT2D eigenvalue weighted by Crippen LogP contribution is -2.06. The molecule has 30 heavy (non-hydrogen) atoms. The molecule has 5 aromatic rings. The summed E-state index contributed by atoms with van der Waals surface area (Å²) in [6.07, 6.45) is 2.62. The second-order valence-corrected chi connectivity index (χ2v) is 6.95. The summed E-state index contributed by atoms with van der Waals surface area (Å²) in [6.45, 7) is 2.09. The van der Waals surface area contributed by atoms with Crippen LogP contribution in [0.3, 0.4) is 0 Å². The van der Waals surface area contributed by atoms with Crippen molar-refractivity contribution in [3.63, 3.8) is 0 Å². The van der Waals surface area contributed by atoms with Crippen molar-refractivity contribution in [2.45, 2.75) is 19.3 Å². The molecule has 0 spiro atoms. The van der Waals surface area contributed by atoms with Crippen molar-refractivity contribution in [3.8, 4) is 0 Å². The Labute approximate surface area is 173 Å². The number of benzene rings is 2. The summed E-state index contributed by atoms with van der Waals surface area (Å²) >= 11 is 0. The topological polar surface area (TPSA) is 96.7 Å². The van der Waals surface area contributed by atoms with Crippen LogP contribution in [0, 0.1) is 0 Å². The first-order valence-corrected chi connectivity index (χ1v) is 9.81. The molecule has 3 heterocycles. The molecule has 0 saturated heterocycles. The minimum absolute atomic E-state index is 0.0931. The molecular formula is C22H20N8. The van der Waals surface area contributed by atoms with E-state index in [1.54, 1.807) is 10.7 Å². The number of aromatic nitrogens is 7. The van der Waals surface area contributed by atoms with E-state index in [0.717, 1.165) is 40.4 Å². The van der Waals surface area contributed by atoms with Gasteiger partial charge in [0.1, 0.15) is 5.82 Å². The molecule has 0 aliphatic rings. The Morgan fingerprint density at radius 1 is 1.00 bits per heavy atom. The van der Waals surface area contributed by atoms with Crippen LogP contribution in [-0.4, -0.2) is 35.2 Å². The van der Waals surface area contributed by atoms with Crippen molar-refractivity contribution < 1.29 is 0 Å². The van der Waals surface area contributed by atoms with Crippen LogP contribution in [0.25, 0.3) is 5.65 Å². The lowest BCUT2D eigenvalue weighted by molar-refractivity contribution is 0.861. The smallest absolute Gasteiger partial charge is 0.186 e. The highest BCUT2D eigenvalue weighted by molar-refractivity contribution is 5.60. The minimum Gasteiger partial charge on any atom is -0.340 e. The highest BCUT2D eigenvalue weighted by atomic mass is 15.5. The summed E-state index contributed by atoms with van der Waals surface area (Å²) in [6, 6.07) is 22.4. The van der Waals surface area contributed by atoms with Crippen molar-refractivity contribution in [1.82, 2.24) is 35.2 Å². The number of nitrogens with zero attached hydrogens (tertiary/aromatic N) is 6. The minimum atomic E-state index is -0.0931. The number of hydrogen-bond acceptors (Lipinski definition) is 6. The van der Waals surface area contributed by atoms with E-state index in [-0.39, 0.29) is 5.92 Å². The van der Waals surface area contributed by atoms with E-state index in [9.17, 15) is 0 Å². The highest BCUT2D eigenvalue weighted by Gasteiger charge is 2.20. The van der Waals surface area contributed by atoms with Gasteiger partial charge in [-0.3, -0.25) is 0 Å². The van der Waals surface area contributed by atoms with Gasteiger partial charge in [0, 0.05) is 23.5 Å². The zero-order chi connectivity index (χ0) is 20.3. The van der Waals surface area contributed by atoms with Gasteiger partial charge in [-0.15, -0.1) is 10.2 Å². The third-order valence-corrected chi connectivity index (χ3v) is 5.04. The van der Waals surface area contributed by atoms with Gasteiger partial charge in [0.15, 0.2) is 11.5 Å². The van der Waals surface area contributed by atoms with Crippen LogP contribution >= 0.6 is 0 Å². The van der Waals surface area contributed by atoms with E-state index >= 15 is 0 Å². The van der Waals surface area contributed by atoms with Gasteiger partial charge in [0.25, 0.3) is 0 Å². The van der Waals surface area contributed by atoms with E-state index in [1.807, 2.05) is 42.5 Å². The number of H-pyrrole nitrogens is 1. The van der Waals surface area contributed by atoms with Crippen LogP contribution in [0.15, 0.2) is 72.9 Å². The van der Waals surface area contributed by atoms with Crippen LogP contribution in [0.4, 0.5) is 11.5 Å². The third kappa shape index (κ3) is 3.39. The number of fused-ring (bicyclic) bond motifs is 1. The summed E-state index contributed by atoms with van der Waals surface area (Å²) in [5, 5.41) is 22.6. The van der Waals surface area contributed by atoms with Gasteiger partial charge in [0.05, 0.1) is 12.1 Å². The Bertz CT molecular complexity index is 1240. The fourth-order valence-corrected chi connectivity index (χ4v) is 3.57. The summed E-state index contributed by atoms with van der Waals surface area (Å²) in [4.78, 5) is 4.59. The number of aryl methyl sites for hydroxylation is 1. The van der Waals surface area contributed by atoms with Crippen LogP contribution in [0.2, 0.25) is 0 Å². The molecule has 5 rings (SSSR count). The fraction of sp³-hybridized carbons (Fsp3) is 0.136. The monoisotopic (exact) mass is 396 g/mol. The number of anilines is 2. The van der Waals surface area contributed by atoms with Crippen molar-refractivity contribution in [1.29, 1.82) is 0 Å². The van der Waals surface area contributed by atoms with Crippen molar-refractivity contribution in [3.05, 3.63) is 95.6 Å². The van der Waals surface area contributed by atoms with Crippen LogP contribution in [0.5, 0.6) is 0 Å². The van der Waals surface area contributed by atoms with Gasteiger partial charge in [-0.25, -0.2) is 4.98 Å². The highest BCUT2D eigenvalue weighted by Crippen LogP contribution is 2.30. The van der Waals surface area contributed by atoms with Crippen molar-refractivity contribution >= 4 is 17.2 Å². The van der Waals surface area contributed by atoms with E-state index in [0.29, 0.717) is 5.82 Å². The number of nitrogens with one attached hydrogen (secondary N) is 2. The molecule has 1 unspecified atom stereocenters. The van der Waals surface area contributed by atoms with Crippen LogP contribution in [0.1, 0.15) is 35.5 Å². The summed E-state index contributed by atoms with van der Waals surface area (Å²) in [5.41, 5.74) is 5.00. The SMILES string of the molecule is CCc1cc(Nc2ccc(C(c3ccccc3)c3nn[nH]n3)cc2)n2nccc2n1. The maximum Gasteiger partial charge on any atom is 0.186 e. The zero-order valence-electron chi connectivity index (χ0n) is 16.4. The molecule has 0 saturated carbocycles. The van der Waals surface area contributed by atoms with E-state index in [4.69, 9.17) is 0 Å². The Morgan fingerprint density at radius 2 is 1.80 bits per heavy atom. The Kier molecular flexibility index (Phi) is 4.65. The van der Waals surface area contributed by atoms with Crippen molar-refractivity contribution in [2.75, 3.05) is 5.32 Å². The molecule has 0 aliphatic carbocycles. The zero-order valence-corrected chi connectivity index (χ0v) is 16.4. The molecule has 8 nitrogen and oxygen atoms in total. The van der Waals surface area contributed by atoms with Gasteiger partial charge < -0.3 is 5.32 Å². The molecule has 0 fully saturated rings. The summed E-state index contributed by atoms with van der Waals surface area (Å²) < 4.78 is 1.80. The Balaban J connectivity index is 1.48. The molecule has 2 N–H and O–H groups in total. The maximum absolute atomic E-state index is 4.59. The first-order valence-electron chi connectivity index (χ1n) is 9.81. The second kappa shape index (κ2) is 7.75. The average Bonchev–Trinajstić information content (AvgIpc) is 3.48. The molecular weight excluding hydrogens is 376 g/mol. The quantitative estimate of drug-likeness (QED) is 0.454. The normalized spacial score (nSPS) is 12.2.